The van der Waals surface area contributed by atoms with Gasteiger partial charge in [0.1, 0.15) is 5.82 Å². The molecule has 0 amide bonds. The SMILES string of the molecule is CC[C@@H](c1nnnn1Cc1ccccc1)N(Cc1ccc(F)cc1)Cc1cc2ccc(C)cc2[nH]c1=O. The van der Waals surface area contributed by atoms with Gasteiger partial charge < -0.3 is 4.98 Å². The Balaban J connectivity index is 1.52. The van der Waals surface area contributed by atoms with Crippen molar-refractivity contribution >= 4 is 10.9 Å². The summed E-state index contributed by atoms with van der Waals surface area (Å²) in [5, 5.41) is 13.6. The van der Waals surface area contributed by atoms with E-state index in [1.54, 1.807) is 12.1 Å². The second-order valence-electron chi connectivity index (χ2n) is 9.35. The van der Waals surface area contributed by atoms with E-state index >= 15 is 0 Å². The number of hydrogen-bond donors (Lipinski definition) is 1. The molecular weight excluding hydrogens is 467 g/mol. The number of H-pyrrole nitrogens is 1. The van der Waals surface area contributed by atoms with Crippen molar-refractivity contribution in [1.29, 1.82) is 0 Å². The lowest BCUT2D eigenvalue weighted by molar-refractivity contribution is 0.161. The third-order valence-corrected chi connectivity index (χ3v) is 6.61. The number of nitrogens with one attached hydrogen (secondary N) is 1. The van der Waals surface area contributed by atoms with Crippen molar-refractivity contribution in [1.82, 2.24) is 30.1 Å². The zero-order valence-corrected chi connectivity index (χ0v) is 20.9. The highest BCUT2D eigenvalue weighted by Crippen LogP contribution is 2.27. The van der Waals surface area contributed by atoms with Gasteiger partial charge in [0, 0.05) is 24.2 Å². The van der Waals surface area contributed by atoms with E-state index in [4.69, 9.17) is 0 Å². The number of rotatable bonds is 9. The molecule has 188 valence electrons. The Labute approximate surface area is 214 Å². The molecule has 3 aromatic carbocycles. The molecule has 0 radical (unpaired) electrons. The molecule has 7 nitrogen and oxygen atoms in total. The first-order valence-corrected chi connectivity index (χ1v) is 12.4. The maximum absolute atomic E-state index is 13.6. The van der Waals surface area contributed by atoms with Gasteiger partial charge in [-0.05, 0) is 70.1 Å². The van der Waals surface area contributed by atoms with E-state index in [0.29, 0.717) is 25.2 Å². The number of tetrazole rings is 1. The zero-order valence-electron chi connectivity index (χ0n) is 20.9. The quantitative estimate of drug-likeness (QED) is 0.305. The first-order valence-electron chi connectivity index (χ1n) is 12.4. The molecule has 1 N–H and O–H groups in total. The minimum Gasteiger partial charge on any atom is -0.322 e. The van der Waals surface area contributed by atoms with Crippen LogP contribution < -0.4 is 5.56 Å². The summed E-state index contributed by atoms with van der Waals surface area (Å²) >= 11 is 0. The van der Waals surface area contributed by atoms with Crippen molar-refractivity contribution in [2.75, 3.05) is 0 Å². The van der Waals surface area contributed by atoms with E-state index in [-0.39, 0.29) is 17.4 Å². The van der Waals surface area contributed by atoms with Crippen LogP contribution in [0.2, 0.25) is 0 Å². The summed E-state index contributed by atoms with van der Waals surface area (Å²) in [6, 6.07) is 24.3. The van der Waals surface area contributed by atoms with Gasteiger partial charge in [0.25, 0.3) is 5.56 Å². The predicted octanol–water partition coefficient (Wildman–Crippen LogP) is 5.16. The number of aromatic nitrogens is 5. The molecule has 0 saturated carbocycles. The van der Waals surface area contributed by atoms with Gasteiger partial charge >= 0.3 is 0 Å². The molecule has 2 aromatic heterocycles. The van der Waals surface area contributed by atoms with Crippen LogP contribution in [0, 0.1) is 12.7 Å². The Morgan fingerprint density at radius 2 is 1.76 bits per heavy atom. The van der Waals surface area contributed by atoms with Crippen LogP contribution in [0.15, 0.2) is 83.7 Å². The first-order chi connectivity index (χ1) is 18.0. The maximum Gasteiger partial charge on any atom is 0.252 e. The fourth-order valence-corrected chi connectivity index (χ4v) is 4.72. The molecule has 0 fully saturated rings. The van der Waals surface area contributed by atoms with Crippen LogP contribution in [0.4, 0.5) is 4.39 Å². The van der Waals surface area contributed by atoms with Crippen LogP contribution in [-0.2, 0) is 19.6 Å². The van der Waals surface area contributed by atoms with Crippen molar-refractivity contribution in [3.8, 4) is 0 Å². The summed E-state index contributed by atoms with van der Waals surface area (Å²) in [6.07, 6.45) is 0.723. The molecule has 0 bridgehead atoms. The smallest absolute Gasteiger partial charge is 0.252 e. The third-order valence-electron chi connectivity index (χ3n) is 6.61. The van der Waals surface area contributed by atoms with E-state index in [9.17, 15) is 9.18 Å². The summed E-state index contributed by atoms with van der Waals surface area (Å²) in [5.41, 5.74) is 4.47. The van der Waals surface area contributed by atoms with Crippen molar-refractivity contribution in [3.05, 3.63) is 123 Å². The van der Waals surface area contributed by atoms with Crippen molar-refractivity contribution in [3.63, 3.8) is 0 Å². The number of nitrogens with zero attached hydrogens (tertiary/aromatic N) is 5. The predicted molar refractivity (Wildman–Crippen MR) is 141 cm³/mol. The zero-order chi connectivity index (χ0) is 25.8. The molecule has 0 unspecified atom stereocenters. The summed E-state index contributed by atoms with van der Waals surface area (Å²) in [7, 11) is 0. The highest BCUT2D eigenvalue weighted by Gasteiger charge is 2.26. The summed E-state index contributed by atoms with van der Waals surface area (Å²) < 4.78 is 15.4. The Morgan fingerprint density at radius 1 is 0.973 bits per heavy atom. The third kappa shape index (κ3) is 5.65. The number of hydrogen-bond acceptors (Lipinski definition) is 5. The maximum atomic E-state index is 13.6. The summed E-state index contributed by atoms with van der Waals surface area (Å²) in [4.78, 5) is 18.3. The highest BCUT2D eigenvalue weighted by atomic mass is 19.1. The average molecular weight is 497 g/mol. The highest BCUT2D eigenvalue weighted by molar-refractivity contribution is 5.79. The van der Waals surface area contributed by atoms with Gasteiger partial charge in [-0.15, -0.1) is 5.10 Å². The second-order valence-corrected chi connectivity index (χ2v) is 9.35. The van der Waals surface area contributed by atoms with Gasteiger partial charge in [-0.2, -0.15) is 0 Å². The van der Waals surface area contributed by atoms with Crippen molar-refractivity contribution in [2.45, 2.75) is 45.9 Å². The van der Waals surface area contributed by atoms with Gasteiger partial charge in [-0.1, -0.05) is 61.5 Å². The van der Waals surface area contributed by atoms with E-state index in [1.165, 1.54) is 12.1 Å². The summed E-state index contributed by atoms with van der Waals surface area (Å²) in [6.45, 7) is 5.51. The fraction of sp³-hybridized carbons (Fsp3) is 0.241. The average Bonchev–Trinajstić information content (AvgIpc) is 3.34. The van der Waals surface area contributed by atoms with E-state index in [0.717, 1.165) is 39.8 Å². The van der Waals surface area contributed by atoms with Gasteiger partial charge in [-0.25, -0.2) is 9.07 Å². The van der Waals surface area contributed by atoms with Crippen LogP contribution in [0.25, 0.3) is 10.9 Å². The Kier molecular flexibility index (Phi) is 7.18. The van der Waals surface area contributed by atoms with E-state index in [2.05, 4.69) is 32.3 Å². The topological polar surface area (TPSA) is 79.7 Å². The number of fused-ring (bicyclic) bond motifs is 1. The van der Waals surface area contributed by atoms with Crippen LogP contribution >= 0.6 is 0 Å². The molecule has 5 aromatic rings. The molecule has 0 aliphatic carbocycles. The minimum atomic E-state index is -0.282. The lowest BCUT2D eigenvalue weighted by Crippen LogP contribution is -2.32. The van der Waals surface area contributed by atoms with Crippen molar-refractivity contribution < 1.29 is 4.39 Å². The number of aryl methyl sites for hydroxylation is 1. The van der Waals surface area contributed by atoms with Gasteiger partial charge in [0.05, 0.1) is 12.6 Å². The van der Waals surface area contributed by atoms with Gasteiger partial charge in [0.2, 0.25) is 0 Å². The van der Waals surface area contributed by atoms with Crippen molar-refractivity contribution in [2.24, 2.45) is 0 Å². The Hall–Kier alpha value is -4.17. The molecule has 1 atom stereocenters. The van der Waals surface area contributed by atoms with Gasteiger partial charge in [0.15, 0.2) is 5.82 Å². The van der Waals surface area contributed by atoms with Crippen LogP contribution in [0.3, 0.4) is 0 Å². The molecule has 0 spiro atoms. The number of aromatic amines is 1. The Bertz CT molecular complexity index is 1540. The molecule has 0 saturated heterocycles. The van der Waals surface area contributed by atoms with E-state index < -0.39 is 0 Å². The van der Waals surface area contributed by atoms with Crippen LogP contribution in [0.5, 0.6) is 0 Å². The standard InChI is InChI=1S/C29H29FN6O/c1-3-27(28-32-33-34-36(28)18-21-7-5-4-6-8-21)35(17-22-10-13-25(30)14-11-22)19-24-16-23-12-9-20(2)15-26(23)31-29(24)37/h4-16,27H,3,17-19H2,1-2H3,(H,31,37)/t27-/m0/s1. The minimum absolute atomic E-state index is 0.124. The lowest BCUT2D eigenvalue weighted by Gasteiger charge is -2.30. The molecule has 0 aliphatic rings. The number of halogens is 1. The lowest BCUT2D eigenvalue weighted by atomic mass is 10.1. The number of benzene rings is 3. The number of pyridine rings is 1. The molecule has 8 heteroatoms. The first kappa shape index (κ1) is 24.5. The monoisotopic (exact) mass is 496 g/mol. The molecule has 37 heavy (non-hydrogen) atoms. The van der Waals surface area contributed by atoms with Gasteiger partial charge in [-0.3, -0.25) is 9.69 Å². The second kappa shape index (κ2) is 10.8. The largest absolute Gasteiger partial charge is 0.322 e. The van der Waals surface area contributed by atoms with E-state index in [1.807, 2.05) is 66.2 Å². The Morgan fingerprint density at radius 3 is 2.51 bits per heavy atom. The molecular formula is C29H29FN6O. The van der Waals surface area contributed by atoms with Crippen LogP contribution in [0.1, 0.15) is 47.5 Å². The normalized spacial score (nSPS) is 12.3. The summed E-state index contributed by atoms with van der Waals surface area (Å²) in [5.74, 6) is 0.441. The fourth-order valence-electron chi connectivity index (χ4n) is 4.72. The molecule has 2 heterocycles. The molecule has 0 aliphatic heterocycles. The van der Waals surface area contributed by atoms with Crippen LogP contribution in [-0.4, -0.2) is 30.1 Å². The molecule has 5 rings (SSSR count).